The molecule has 1 aliphatic carbocycles. The molecule has 0 radical (unpaired) electrons. The summed E-state index contributed by atoms with van der Waals surface area (Å²) in [7, 11) is 0. The molecule has 1 saturated heterocycles. The molecule has 32 heavy (non-hydrogen) atoms. The highest BCUT2D eigenvalue weighted by molar-refractivity contribution is 5.39. The third-order valence-electron chi connectivity index (χ3n) is 7.07. The molecule has 0 amide bonds. The van der Waals surface area contributed by atoms with Gasteiger partial charge in [0.25, 0.3) is 0 Å². The third-order valence-corrected chi connectivity index (χ3v) is 7.07. The van der Waals surface area contributed by atoms with Gasteiger partial charge in [0.05, 0.1) is 0 Å². The number of fused-ring (bicyclic) bond motifs is 2. The zero-order valence-electron chi connectivity index (χ0n) is 23.4. The number of piperidine rings is 1. The summed E-state index contributed by atoms with van der Waals surface area (Å²) in [5.41, 5.74) is 3.82. The number of benzene rings is 1. The Morgan fingerprint density at radius 1 is 0.688 bits per heavy atom. The predicted octanol–water partition coefficient (Wildman–Crippen LogP) is 9.96. The molecule has 0 N–H and O–H groups in total. The van der Waals surface area contributed by atoms with Crippen molar-refractivity contribution in [2.45, 2.75) is 150 Å². The zero-order chi connectivity index (χ0) is 24.2. The van der Waals surface area contributed by atoms with Crippen LogP contribution < -0.4 is 0 Å². The first-order valence-electron chi connectivity index (χ1n) is 14.3. The van der Waals surface area contributed by atoms with Gasteiger partial charge in [-0.3, -0.25) is 0 Å². The van der Waals surface area contributed by atoms with E-state index >= 15 is 0 Å². The predicted molar refractivity (Wildman–Crippen MR) is 148 cm³/mol. The summed E-state index contributed by atoms with van der Waals surface area (Å²) >= 11 is 0. The lowest BCUT2D eigenvalue weighted by molar-refractivity contribution is 0.129. The topological polar surface area (TPSA) is 3.24 Å². The molecule has 1 aromatic carbocycles. The Labute approximate surface area is 203 Å². The van der Waals surface area contributed by atoms with E-state index < -0.39 is 0 Å². The van der Waals surface area contributed by atoms with Gasteiger partial charge in [-0.25, -0.2) is 0 Å². The van der Waals surface area contributed by atoms with Crippen LogP contribution in [0.15, 0.2) is 24.3 Å². The Morgan fingerprint density at radius 2 is 1.12 bits per heavy atom. The Hall–Kier alpha value is -0.820. The Balaban J connectivity index is 0.000000530. The lowest BCUT2D eigenvalue weighted by atomic mass is 9.73. The summed E-state index contributed by atoms with van der Waals surface area (Å²) < 4.78 is 0. The summed E-state index contributed by atoms with van der Waals surface area (Å²) in [6.45, 7) is 20.5. The second-order valence-corrected chi connectivity index (χ2v) is 10.1. The molecule has 0 aromatic heterocycles. The SMILES string of the molecule is CC(C)N1CCC2(CCc3ccccc32)CC1.CCCCC.CCCCC.CCCCC. The Bertz CT molecular complexity index is 505. The van der Waals surface area contributed by atoms with Crippen LogP contribution in [0.25, 0.3) is 0 Å². The van der Waals surface area contributed by atoms with Gasteiger partial charge in [0.1, 0.15) is 0 Å². The van der Waals surface area contributed by atoms with Crippen molar-refractivity contribution in [3.8, 4) is 0 Å². The van der Waals surface area contributed by atoms with Crippen LogP contribution >= 0.6 is 0 Å². The van der Waals surface area contributed by atoms with E-state index in [9.17, 15) is 0 Å². The fourth-order valence-electron chi connectivity index (χ4n) is 4.81. The van der Waals surface area contributed by atoms with Crippen LogP contribution in [0.3, 0.4) is 0 Å². The van der Waals surface area contributed by atoms with Gasteiger partial charge in [0, 0.05) is 6.04 Å². The minimum Gasteiger partial charge on any atom is -0.301 e. The van der Waals surface area contributed by atoms with Crippen molar-refractivity contribution in [3.63, 3.8) is 0 Å². The number of unbranched alkanes of at least 4 members (excludes halogenated alkanes) is 6. The maximum absolute atomic E-state index is 2.63. The van der Waals surface area contributed by atoms with Crippen molar-refractivity contribution in [2.75, 3.05) is 13.1 Å². The Morgan fingerprint density at radius 3 is 1.50 bits per heavy atom. The maximum Gasteiger partial charge on any atom is 0.00386 e. The summed E-state index contributed by atoms with van der Waals surface area (Å²) in [5.74, 6) is 0. The number of likely N-dealkylation sites (tertiary alicyclic amines) is 1. The molecule has 0 atom stereocenters. The van der Waals surface area contributed by atoms with Gasteiger partial charge in [-0.15, -0.1) is 0 Å². The number of hydrogen-bond acceptors (Lipinski definition) is 1. The fraction of sp³-hybridized carbons (Fsp3) is 0.806. The monoisotopic (exact) mass is 445 g/mol. The smallest absolute Gasteiger partial charge is 0.00386 e. The van der Waals surface area contributed by atoms with E-state index in [1.807, 2.05) is 0 Å². The zero-order valence-corrected chi connectivity index (χ0v) is 23.4. The summed E-state index contributed by atoms with van der Waals surface area (Å²) in [6, 6.07) is 9.85. The molecule has 1 heteroatoms. The molecule has 0 saturated carbocycles. The van der Waals surface area contributed by atoms with E-state index in [4.69, 9.17) is 0 Å². The summed E-state index contributed by atoms with van der Waals surface area (Å²) in [4.78, 5) is 2.63. The van der Waals surface area contributed by atoms with Crippen LogP contribution in [0.2, 0.25) is 0 Å². The number of rotatable bonds is 7. The van der Waals surface area contributed by atoms with Gasteiger partial charge in [0.2, 0.25) is 0 Å². The average Bonchev–Trinajstić information content (AvgIpc) is 3.15. The van der Waals surface area contributed by atoms with E-state index in [1.165, 1.54) is 96.6 Å². The van der Waals surface area contributed by atoms with Crippen LogP contribution in [-0.2, 0) is 11.8 Å². The molecule has 1 nitrogen and oxygen atoms in total. The number of nitrogens with zero attached hydrogens (tertiary/aromatic N) is 1. The van der Waals surface area contributed by atoms with Crippen LogP contribution in [-0.4, -0.2) is 24.0 Å². The van der Waals surface area contributed by atoms with Crippen LogP contribution in [0.1, 0.15) is 144 Å². The third kappa shape index (κ3) is 11.9. The molecule has 1 aromatic rings. The van der Waals surface area contributed by atoms with Crippen LogP contribution in [0.5, 0.6) is 0 Å². The van der Waals surface area contributed by atoms with Crippen molar-refractivity contribution < 1.29 is 0 Å². The van der Waals surface area contributed by atoms with Gasteiger partial charge in [-0.2, -0.15) is 0 Å². The highest BCUT2D eigenvalue weighted by Gasteiger charge is 2.40. The molecule has 3 rings (SSSR count). The first-order valence-corrected chi connectivity index (χ1v) is 14.3. The first kappa shape index (κ1) is 31.2. The molecule has 0 bridgehead atoms. The van der Waals surface area contributed by atoms with Crippen molar-refractivity contribution in [3.05, 3.63) is 35.4 Å². The molecule has 2 aliphatic rings. The van der Waals surface area contributed by atoms with Crippen molar-refractivity contribution in [2.24, 2.45) is 0 Å². The fourth-order valence-corrected chi connectivity index (χ4v) is 4.81. The van der Waals surface area contributed by atoms with Crippen molar-refractivity contribution in [1.82, 2.24) is 4.90 Å². The van der Waals surface area contributed by atoms with E-state index in [1.54, 1.807) is 11.1 Å². The quantitative estimate of drug-likeness (QED) is 0.403. The van der Waals surface area contributed by atoms with Gasteiger partial charge >= 0.3 is 0 Å². The second kappa shape index (κ2) is 19.6. The lowest BCUT2D eigenvalue weighted by Gasteiger charge is -2.41. The van der Waals surface area contributed by atoms with Crippen LogP contribution in [0.4, 0.5) is 0 Å². The highest BCUT2D eigenvalue weighted by Crippen LogP contribution is 2.46. The molecule has 1 fully saturated rings. The van der Waals surface area contributed by atoms with Gasteiger partial charge in [0.15, 0.2) is 0 Å². The van der Waals surface area contributed by atoms with E-state index in [2.05, 4.69) is 84.6 Å². The van der Waals surface area contributed by atoms with Gasteiger partial charge in [-0.1, -0.05) is 124 Å². The molecular weight excluding hydrogens is 386 g/mol. The molecule has 1 spiro atoms. The van der Waals surface area contributed by atoms with Crippen LogP contribution in [0, 0.1) is 0 Å². The van der Waals surface area contributed by atoms with Gasteiger partial charge < -0.3 is 4.90 Å². The minimum atomic E-state index is 0.530. The van der Waals surface area contributed by atoms with E-state index in [-0.39, 0.29) is 0 Å². The normalized spacial score (nSPS) is 16.3. The van der Waals surface area contributed by atoms with E-state index in [0.29, 0.717) is 11.5 Å². The number of hydrogen-bond donors (Lipinski definition) is 0. The summed E-state index contributed by atoms with van der Waals surface area (Å²) in [6.07, 6.45) is 17.6. The molecule has 0 unspecified atom stereocenters. The molecule has 1 aliphatic heterocycles. The van der Waals surface area contributed by atoms with Crippen molar-refractivity contribution >= 4 is 0 Å². The molecule has 188 valence electrons. The standard InChI is InChI=1S/C16H23N.3C5H12/c1-13(2)17-11-9-16(10-12-17)8-7-14-5-3-4-6-15(14)16;3*1-3-5-4-2/h3-6,13H,7-12H2,1-2H3;3*3-5H2,1-2H3. The van der Waals surface area contributed by atoms with E-state index in [0.717, 1.165) is 0 Å². The minimum absolute atomic E-state index is 0.530. The summed E-state index contributed by atoms with van der Waals surface area (Å²) in [5, 5.41) is 0. The Kier molecular flexibility index (Phi) is 19.1. The molecular formula is C31H59N. The maximum atomic E-state index is 2.63. The van der Waals surface area contributed by atoms with Crippen molar-refractivity contribution in [1.29, 1.82) is 0 Å². The number of aryl methyl sites for hydroxylation is 1. The largest absolute Gasteiger partial charge is 0.301 e. The molecule has 1 heterocycles. The second-order valence-electron chi connectivity index (χ2n) is 10.1. The first-order chi connectivity index (χ1) is 15.5. The average molecular weight is 446 g/mol. The highest BCUT2D eigenvalue weighted by atomic mass is 15.2. The lowest BCUT2D eigenvalue weighted by Crippen LogP contribution is -2.44. The van der Waals surface area contributed by atoms with Gasteiger partial charge in [-0.05, 0) is 69.2 Å².